The average Bonchev–Trinajstić information content (AvgIpc) is 2.75. The van der Waals surface area contributed by atoms with Gasteiger partial charge in [-0.15, -0.1) is 0 Å². The van der Waals surface area contributed by atoms with E-state index in [0.717, 1.165) is 51.4 Å². The summed E-state index contributed by atoms with van der Waals surface area (Å²) in [6, 6.07) is 0. The second-order valence-corrected chi connectivity index (χ2v) is 8.79. The molecule has 160 valence electrons. The van der Waals surface area contributed by atoms with E-state index in [0.29, 0.717) is 12.8 Å². The zero-order valence-corrected chi connectivity index (χ0v) is 17.4. The van der Waals surface area contributed by atoms with E-state index in [2.05, 4.69) is 0 Å². The van der Waals surface area contributed by atoms with E-state index in [1.807, 2.05) is 13.8 Å². The van der Waals surface area contributed by atoms with Gasteiger partial charge in [0.15, 0.2) is 0 Å². The predicted octanol–water partition coefficient (Wildman–Crippen LogP) is 3.17. The van der Waals surface area contributed by atoms with Crippen LogP contribution < -0.4 is 0 Å². The molecule has 0 saturated heterocycles. The number of rotatable bonds is 10. The van der Waals surface area contributed by atoms with Crippen LogP contribution in [0.25, 0.3) is 0 Å². The van der Waals surface area contributed by atoms with Gasteiger partial charge in [0.05, 0.1) is 24.4 Å². The van der Waals surface area contributed by atoms with Crippen LogP contribution in [0.1, 0.15) is 90.9 Å². The van der Waals surface area contributed by atoms with Crippen molar-refractivity contribution in [3.63, 3.8) is 0 Å². The van der Waals surface area contributed by atoms with Crippen LogP contribution in [0, 0.1) is 11.8 Å². The highest BCUT2D eigenvalue weighted by Crippen LogP contribution is 2.48. The highest BCUT2D eigenvalue weighted by molar-refractivity contribution is 5.03. The van der Waals surface area contributed by atoms with Crippen LogP contribution in [0.15, 0.2) is 0 Å². The van der Waals surface area contributed by atoms with Crippen molar-refractivity contribution in [1.29, 1.82) is 0 Å². The van der Waals surface area contributed by atoms with E-state index in [9.17, 15) is 20.4 Å². The summed E-state index contributed by atoms with van der Waals surface area (Å²) in [6.07, 6.45) is 9.97. The first-order valence-electron chi connectivity index (χ1n) is 11.3. The Kier molecular flexibility index (Phi) is 9.01. The van der Waals surface area contributed by atoms with Gasteiger partial charge in [-0.3, -0.25) is 0 Å². The fourth-order valence-electron chi connectivity index (χ4n) is 5.89. The Morgan fingerprint density at radius 3 is 1.30 bits per heavy atom. The smallest absolute Gasteiger partial charge is 0.106 e. The molecule has 0 aliphatic heterocycles. The molecule has 5 nitrogen and oxygen atoms in total. The molecule has 0 spiro atoms. The first-order valence-corrected chi connectivity index (χ1v) is 11.3. The zero-order valence-electron chi connectivity index (χ0n) is 17.4. The summed E-state index contributed by atoms with van der Waals surface area (Å²) < 4.78 is 6.89. The Morgan fingerprint density at radius 2 is 1.04 bits per heavy atom. The van der Waals surface area contributed by atoms with E-state index in [-0.39, 0.29) is 25.0 Å². The SMILES string of the molecule is CCC(OC(CC)(C(O)CO)C1CCCCC1)(C(O)CO)C1CCCCC1. The van der Waals surface area contributed by atoms with Crippen LogP contribution in [0.2, 0.25) is 0 Å². The molecular formula is C22H42O5. The maximum Gasteiger partial charge on any atom is 0.106 e. The second-order valence-electron chi connectivity index (χ2n) is 8.79. The summed E-state index contributed by atoms with van der Waals surface area (Å²) in [6.45, 7) is 3.34. The summed E-state index contributed by atoms with van der Waals surface area (Å²) in [5.41, 5.74) is -1.75. The van der Waals surface area contributed by atoms with Crippen molar-refractivity contribution in [1.82, 2.24) is 0 Å². The zero-order chi connectivity index (χ0) is 19.9. The molecule has 0 aromatic carbocycles. The van der Waals surface area contributed by atoms with Crippen LogP contribution >= 0.6 is 0 Å². The van der Waals surface area contributed by atoms with Crippen LogP contribution in [0.4, 0.5) is 0 Å². The Labute approximate surface area is 165 Å². The van der Waals surface area contributed by atoms with Gasteiger partial charge in [-0.2, -0.15) is 0 Å². The van der Waals surface area contributed by atoms with E-state index < -0.39 is 23.4 Å². The van der Waals surface area contributed by atoms with Crippen molar-refractivity contribution in [3.8, 4) is 0 Å². The fraction of sp³-hybridized carbons (Fsp3) is 1.00. The van der Waals surface area contributed by atoms with Crippen LogP contribution in [-0.4, -0.2) is 57.0 Å². The molecule has 2 fully saturated rings. The van der Waals surface area contributed by atoms with Crippen LogP contribution in [0.3, 0.4) is 0 Å². The maximum absolute atomic E-state index is 10.9. The Balaban J connectivity index is 2.43. The molecule has 0 radical (unpaired) electrons. The number of hydrogen-bond acceptors (Lipinski definition) is 5. The largest absolute Gasteiger partial charge is 0.394 e. The molecule has 0 aromatic heterocycles. The van der Waals surface area contributed by atoms with E-state index in [1.165, 1.54) is 12.8 Å². The Bertz CT molecular complexity index is 381. The van der Waals surface area contributed by atoms with E-state index in [4.69, 9.17) is 4.74 Å². The molecule has 27 heavy (non-hydrogen) atoms. The summed E-state index contributed by atoms with van der Waals surface area (Å²) in [4.78, 5) is 0. The molecule has 0 amide bonds. The van der Waals surface area contributed by atoms with Crippen molar-refractivity contribution < 1.29 is 25.2 Å². The molecule has 0 aromatic rings. The molecule has 2 rings (SSSR count). The lowest BCUT2D eigenvalue weighted by atomic mass is 9.68. The first-order chi connectivity index (χ1) is 13.0. The highest BCUT2D eigenvalue weighted by Gasteiger charge is 2.54. The third-order valence-electron chi connectivity index (χ3n) is 7.55. The van der Waals surface area contributed by atoms with Gasteiger partial charge < -0.3 is 25.2 Å². The molecule has 4 unspecified atom stereocenters. The van der Waals surface area contributed by atoms with Gasteiger partial charge in [0.25, 0.3) is 0 Å². The lowest BCUT2D eigenvalue weighted by molar-refractivity contribution is -0.285. The Hall–Kier alpha value is -0.200. The summed E-state index contributed by atoms with van der Waals surface area (Å²) in [7, 11) is 0. The van der Waals surface area contributed by atoms with Gasteiger partial charge in [0, 0.05) is 0 Å². The minimum Gasteiger partial charge on any atom is -0.394 e. The second kappa shape index (κ2) is 10.5. The minimum atomic E-state index is -0.981. The molecular weight excluding hydrogens is 344 g/mol. The standard InChI is InChI=1S/C22H42O5/c1-3-21(19(25)15-23,17-11-7-5-8-12-17)27-22(4-2,20(26)16-24)18-13-9-6-10-14-18/h17-20,23-26H,3-16H2,1-2H3. The van der Waals surface area contributed by atoms with Gasteiger partial charge in [0.2, 0.25) is 0 Å². The minimum absolute atomic E-state index is 0.166. The summed E-state index contributed by atoms with van der Waals surface area (Å²) >= 11 is 0. The predicted molar refractivity (Wildman–Crippen MR) is 106 cm³/mol. The summed E-state index contributed by atoms with van der Waals surface area (Å²) in [5.74, 6) is 0.331. The molecule has 0 bridgehead atoms. The monoisotopic (exact) mass is 386 g/mol. The van der Waals surface area contributed by atoms with Crippen LogP contribution in [-0.2, 0) is 4.74 Å². The number of aliphatic hydroxyl groups is 4. The molecule has 2 aliphatic carbocycles. The van der Waals surface area contributed by atoms with Gasteiger partial charge in [-0.05, 0) is 50.4 Å². The van der Waals surface area contributed by atoms with Crippen molar-refractivity contribution in [2.75, 3.05) is 13.2 Å². The third-order valence-corrected chi connectivity index (χ3v) is 7.55. The lowest BCUT2D eigenvalue weighted by Crippen LogP contribution is -2.63. The van der Waals surface area contributed by atoms with Gasteiger partial charge in [-0.25, -0.2) is 0 Å². The quantitative estimate of drug-likeness (QED) is 0.463. The number of ether oxygens (including phenoxy) is 1. The molecule has 5 heteroatoms. The maximum atomic E-state index is 10.9. The van der Waals surface area contributed by atoms with Crippen molar-refractivity contribution in [2.45, 2.75) is 114 Å². The molecule has 0 heterocycles. The van der Waals surface area contributed by atoms with Crippen molar-refractivity contribution >= 4 is 0 Å². The van der Waals surface area contributed by atoms with Crippen LogP contribution in [0.5, 0.6) is 0 Å². The molecule has 4 atom stereocenters. The topological polar surface area (TPSA) is 90.2 Å². The van der Waals surface area contributed by atoms with E-state index >= 15 is 0 Å². The molecule has 4 N–H and O–H groups in total. The number of aliphatic hydroxyl groups excluding tert-OH is 4. The highest BCUT2D eigenvalue weighted by atomic mass is 16.6. The lowest BCUT2D eigenvalue weighted by Gasteiger charge is -2.54. The van der Waals surface area contributed by atoms with Gasteiger partial charge in [-0.1, -0.05) is 52.4 Å². The third kappa shape index (κ3) is 4.69. The summed E-state index contributed by atoms with van der Waals surface area (Å²) in [5, 5.41) is 41.6. The van der Waals surface area contributed by atoms with Gasteiger partial charge >= 0.3 is 0 Å². The molecule has 2 aliphatic rings. The van der Waals surface area contributed by atoms with E-state index in [1.54, 1.807) is 0 Å². The molecule has 2 saturated carbocycles. The normalized spacial score (nSPS) is 26.9. The average molecular weight is 387 g/mol. The van der Waals surface area contributed by atoms with Gasteiger partial charge in [0.1, 0.15) is 12.2 Å². The van der Waals surface area contributed by atoms with Crippen molar-refractivity contribution in [3.05, 3.63) is 0 Å². The Morgan fingerprint density at radius 1 is 0.704 bits per heavy atom. The fourth-order valence-corrected chi connectivity index (χ4v) is 5.89. The number of hydrogen-bond donors (Lipinski definition) is 4. The first kappa shape index (κ1) is 23.1. The van der Waals surface area contributed by atoms with Crippen molar-refractivity contribution in [2.24, 2.45) is 11.8 Å².